The van der Waals surface area contributed by atoms with Gasteiger partial charge in [-0.3, -0.25) is 14.9 Å². The monoisotopic (exact) mass is 379 g/mol. The van der Waals surface area contributed by atoms with Crippen LogP contribution in [0, 0.1) is 11.7 Å². The van der Waals surface area contributed by atoms with Crippen molar-refractivity contribution in [3.63, 3.8) is 0 Å². The third-order valence-electron chi connectivity index (χ3n) is 5.06. The Bertz CT molecular complexity index is 921. The lowest BCUT2D eigenvalue weighted by Gasteiger charge is -2.34. The highest BCUT2D eigenvalue weighted by Gasteiger charge is 2.18. The van der Waals surface area contributed by atoms with Crippen molar-refractivity contribution in [2.24, 2.45) is 0 Å². The molecule has 4 rings (SSSR count). The molecular weight excluding hydrogens is 354 g/mol. The molecule has 1 aliphatic heterocycles. The molecule has 0 saturated carbocycles. The normalized spacial score (nSPS) is 15.9. The molecule has 0 aliphatic carbocycles. The molecule has 27 heavy (non-hydrogen) atoms. The summed E-state index contributed by atoms with van der Waals surface area (Å²) in [6, 6.07) is 19.0. The number of nitrogens with zero attached hydrogens (tertiary/aromatic N) is 4. The van der Waals surface area contributed by atoms with Crippen LogP contribution in [0.15, 0.2) is 54.6 Å². The van der Waals surface area contributed by atoms with Gasteiger partial charge in [-0.15, -0.1) is 0 Å². The van der Waals surface area contributed by atoms with Gasteiger partial charge in [0.05, 0.1) is 6.67 Å². The first kappa shape index (κ1) is 18.1. The van der Waals surface area contributed by atoms with E-state index in [1.165, 1.54) is 11.1 Å². The number of rotatable bonds is 5. The molecular formula is C21H25N5S. The Morgan fingerprint density at radius 1 is 0.926 bits per heavy atom. The van der Waals surface area contributed by atoms with Gasteiger partial charge >= 0.3 is 0 Å². The van der Waals surface area contributed by atoms with E-state index >= 15 is 0 Å². The molecule has 140 valence electrons. The number of hydrogen-bond donors (Lipinski definition) is 1. The third kappa shape index (κ3) is 4.53. The maximum absolute atomic E-state index is 5.46. The van der Waals surface area contributed by atoms with Crippen molar-refractivity contribution in [3.05, 3.63) is 70.5 Å². The second kappa shape index (κ2) is 8.17. The minimum atomic E-state index is 0.609. The van der Waals surface area contributed by atoms with Gasteiger partial charge in [0.15, 0.2) is 5.82 Å². The highest BCUT2D eigenvalue weighted by molar-refractivity contribution is 7.71. The Balaban J connectivity index is 1.35. The molecule has 1 N–H and O–H groups in total. The zero-order valence-corrected chi connectivity index (χ0v) is 16.5. The van der Waals surface area contributed by atoms with E-state index in [0.29, 0.717) is 4.77 Å². The van der Waals surface area contributed by atoms with E-state index < -0.39 is 0 Å². The van der Waals surface area contributed by atoms with Crippen molar-refractivity contribution in [2.75, 3.05) is 26.2 Å². The van der Waals surface area contributed by atoms with Crippen LogP contribution in [-0.4, -0.2) is 50.7 Å². The number of hydrogen-bond acceptors (Lipinski definition) is 4. The van der Waals surface area contributed by atoms with E-state index in [4.69, 9.17) is 12.2 Å². The molecule has 6 heteroatoms. The summed E-state index contributed by atoms with van der Waals surface area (Å²) in [7, 11) is 0. The zero-order valence-electron chi connectivity index (χ0n) is 15.6. The van der Waals surface area contributed by atoms with Crippen molar-refractivity contribution in [3.8, 4) is 11.4 Å². The molecule has 2 heterocycles. The maximum Gasteiger partial charge on any atom is 0.217 e. The van der Waals surface area contributed by atoms with Crippen LogP contribution < -0.4 is 0 Å². The molecule has 2 aromatic carbocycles. The summed E-state index contributed by atoms with van der Waals surface area (Å²) in [5.41, 5.74) is 3.69. The SMILES string of the molecule is Cc1ccc(-c2nc(=S)n(CN3CCN(Cc4ccccc4)CC3)[nH]2)cc1. The Morgan fingerprint density at radius 2 is 1.59 bits per heavy atom. The van der Waals surface area contributed by atoms with E-state index in [1.54, 1.807) is 0 Å². The molecule has 0 atom stereocenters. The largest absolute Gasteiger partial charge is 0.297 e. The minimum Gasteiger partial charge on any atom is -0.297 e. The average molecular weight is 380 g/mol. The number of benzene rings is 2. The first-order valence-corrected chi connectivity index (χ1v) is 9.81. The van der Waals surface area contributed by atoms with Crippen molar-refractivity contribution in [1.29, 1.82) is 0 Å². The molecule has 1 aromatic heterocycles. The lowest BCUT2D eigenvalue weighted by Crippen LogP contribution is -2.46. The predicted octanol–water partition coefficient (Wildman–Crippen LogP) is 3.69. The molecule has 0 radical (unpaired) electrons. The average Bonchev–Trinajstić information content (AvgIpc) is 3.05. The number of H-pyrrole nitrogens is 1. The van der Waals surface area contributed by atoms with Crippen LogP contribution in [0.25, 0.3) is 11.4 Å². The van der Waals surface area contributed by atoms with Gasteiger partial charge in [-0.25, -0.2) is 4.68 Å². The smallest absolute Gasteiger partial charge is 0.217 e. The van der Waals surface area contributed by atoms with Gasteiger partial charge in [0.2, 0.25) is 4.77 Å². The Kier molecular flexibility index (Phi) is 5.48. The molecule has 0 unspecified atom stereocenters. The fourth-order valence-electron chi connectivity index (χ4n) is 3.42. The molecule has 0 spiro atoms. The van der Waals surface area contributed by atoms with Gasteiger partial charge in [0.25, 0.3) is 0 Å². The number of aromatic nitrogens is 3. The van der Waals surface area contributed by atoms with E-state index in [1.807, 2.05) is 4.68 Å². The van der Waals surface area contributed by atoms with Crippen LogP contribution in [0.1, 0.15) is 11.1 Å². The van der Waals surface area contributed by atoms with Crippen LogP contribution in [0.4, 0.5) is 0 Å². The third-order valence-corrected chi connectivity index (χ3v) is 5.37. The number of piperazine rings is 1. The van der Waals surface area contributed by atoms with Crippen molar-refractivity contribution in [1.82, 2.24) is 24.6 Å². The minimum absolute atomic E-state index is 0.609. The van der Waals surface area contributed by atoms with Gasteiger partial charge in [0, 0.05) is 38.3 Å². The molecule has 1 fully saturated rings. The highest BCUT2D eigenvalue weighted by atomic mass is 32.1. The predicted molar refractivity (Wildman–Crippen MR) is 111 cm³/mol. The molecule has 1 aliphatic rings. The van der Waals surface area contributed by atoms with Gasteiger partial charge < -0.3 is 0 Å². The maximum atomic E-state index is 5.46. The highest BCUT2D eigenvalue weighted by Crippen LogP contribution is 2.16. The second-order valence-corrected chi connectivity index (χ2v) is 7.54. The summed E-state index contributed by atoms with van der Waals surface area (Å²) >= 11 is 5.46. The van der Waals surface area contributed by atoms with E-state index in [2.05, 4.69) is 81.4 Å². The van der Waals surface area contributed by atoms with Crippen LogP contribution in [0.2, 0.25) is 0 Å². The first-order chi connectivity index (χ1) is 13.2. The number of aryl methyl sites for hydroxylation is 1. The molecule has 3 aromatic rings. The summed E-state index contributed by atoms with van der Waals surface area (Å²) in [5, 5.41) is 3.36. The van der Waals surface area contributed by atoms with Gasteiger partial charge in [-0.2, -0.15) is 4.98 Å². The van der Waals surface area contributed by atoms with Gasteiger partial charge in [-0.1, -0.05) is 60.2 Å². The Morgan fingerprint density at radius 3 is 2.30 bits per heavy atom. The van der Waals surface area contributed by atoms with Crippen LogP contribution in [-0.2, 0) is 13.2 Å². The fourth-order valence-corrected chi connectivity index (χ4v) is 3.62. The number of nitrogens with one attached hydrogen (secondary N) is 1. The lowest BCUT2D eigenvalue weighted by molar-refractivity contribution is 0.0982. The number of aromatic amines is 1. The Labute approximate surface area is 165 Å². The zero-order chi connectivity index (χ0) is 18.6. The lowest BCUT2D eigenvalue weighted by atomic mass is 10.1. The van der Waals surface area contributed by atoms with Crippen LogP contribution in [0.5, 0.6) is 0 Å². The summed E-state index contributed by atoms with van der Waals surface area (Å²) in [6.07, 6.45) is 0. The summed E-state index contributed by atoms with van der Waals surface area (Å²) in [4.78, 5) is 9.47. The summed E-state index contributed by atoms with van der Waals surface area (Å²) in [6.45, 7) is 8.08. The van der Waals surface area contributed by atoms with Crippen LogP contribution in [0.3, 0.4) is 0 Å². The topological polar surface area (TPSA) is 40.1 Å². The van der Waals surface area contributed by atoms with Gasteiger partial charge in [0.1, 0.15) is 0 Å². The van der Waals surface area contributed by atoms with Crippen molar-refractivity contribution >= 4 is 12.2 Å². The quantitative estimate of drug-likeness (QED) is 0.687. The van der Waals surface area contributed by atoms with Crippen molar-refractivity contribution in [2.45, 2.75) is 20.1 Å². The Hall–Kier alpha value is -2.28. The first-order valence-electron chi connectivity index (χ1n) is 9.40. The molecule has 5 nitrogen and oxygen atoms in total. The molecule has 0 amide bonds. The fraction of sp³-hybridized carbons (Fsp3) is 0.333. The summed E-state index contributed by atoms with van der Waals surface area (Å²) in [5.74, 6) is 0.836. The second-order valence-electron chi connectivity index (χ2n) is 7.17. The van der Waals surface area contributed by atoms with E-state index in [9.17, 15) is 0 Å². The van der Waals surface area contributed by atoms with Crippen LogP contribution >= 0.6 is 12.2 Å². The van der Waals surface area contributed by atoms with Crippen molar-refractivity contribution < 1.29 is 0 Å². The summed E-state index contributed by atoms with van der Waals surface area (Å²) < 4.78 is 2.58. The molecule has 1 saturated heterocycles. The standard InChI is InChI=1S/C21H25N5S/c1-17-7-9-19(10-8-17)20-22-21(27)26(23-20)16-25-13-11-24(12-14-25)15-18-5-3-2-4-6-18/h2-10H,11-16H2,1H3,(H,22,23,27). The van der Waals surface area contributed by atoms with E-state index in [-0.39, 0.29) is 0 Å². The van der Waals surface area contributed by atoms with E-state index in [0.717, 1.165) is 50.8 Å². The molecule has 0 bridgehead atoms. The van der Waals surface area contributed by atoms with Gasteiger partial charge in [-0.05, 0) is 24.7 Å².